The van der Waals surface area contributed by atoms with Crippen molar-refractivity contribution in [3.05, 3.63) is 41.5 Å². The summed E-state index contributed by atoms with van der Waals surface area (Å²) in [6, 6.07) is 7.49. The highest BCUT2D eigenvalue weighted by Gasteiger charge is 2.31. The molecule has 0 saturated carbocycles. The maximum absolute atomic E-state index is 12.6. The number of hydrogen-bond acceptors (Lipinski definition) is 6. The van der Waals surface area contributed by atoms with Gasteiger partial charge in [0.2, 0.25) is 21.8 Å². The van der Waals surface area contributed by atoms with Gasteiger partial charge in [-0.1, -0.05) is 31.1 Å². The third kappa shape index (κ3) is 5.42. The van der Waals surface area contributed by atoms with Crippen LogP contribution in [0.5, 0.6) is 0 Å². The summed E-state index contributed by atoms with van der Waals surface area (Å²) in [5, 5.41) is 6.89. The maximum Gasteiger partial charge on any atom is 0.229 e. The molecule has 1 N–H and O–H groups in total. The average Bonchev–Trinajstić information content (AvgIpc) is 3.18. The zero-order valence-electron chi connectivity index (χ0n) is 17.1. The van der Waals surface area contributed by atoms with Crippen molar-refractivity contribution in [2.24, 2.45) is 5.92 Å². The lowest BCUT2D eigenvalue weighted by molar-refractivity contribution is -0.120. The first-order valence-electron chi connectivity index (χ1n) is 9.98. The second kappa shape index (κ2) is 9.04. The second-order valence-corrected chi connectivity index (χ2v) is 9.92. The van der Waals surface area contributed by atoms with Gasteiger partial charge in [-0.2, -0.15) is 4.98 Å². The summed E-state index contributed by atoms with van der Waals surface area (Å²) in [6.07, 6.45) is 1.94. The van der Waals surface area contributed by atoms with Crippen molar-refractivity contribution in [2.45, 2.75) is 46.0 Å². The van der Waals surface area contributed by atoms with Gasteiger partial charge in [0.05, 0.1) is 11.7 Å². The van der Waals surface area contributed by atoms with E-state index in [-0.39, 0.29) is 30.0 Å². The smallest absolute Gasteiger partial charge is 0.229 e. The summed E-state index contributed by atoms with van der Waals surface area (Å²) >= 11 is 0. The van der Waals surface area contributed by atoms with E-state index in [0.29, 0.717) is 43.2 Å². The monoisotopic (exact) mass is 420 g/mol. The number of rotatable bonds is 7. The first kappa shape index (κ1) is 21.4. The Bertz CT molecular complexity index is 938. The van der Waals surface area contributed by atoms with E-state index in [1.165, 1.54) is 4.31 Å². The first-order valence-corrected chi connectivity index (χ1v) is 11.6. The van der Waals surface area contributed by atoms with Crippen LogP contribution in [-0.4, -0.2) is 47.6 Å². The number of aromatic nitrogens is 2. The molecule has 1 fully saturated rings. The quantitative estimate of drug-likeness (QED) is 0.738. The zero-order chi connectivity index (χ0) is 21.0. The molecule has 1 saturated heterocycles. The van der Waals surface area contributed by atoms with Crippen LogP contribution in [0.2, 0.25) is 0 Å². The molecule has 2 aromatic rings. The summed E-state index contributed by atoms with van der Waals surface area (Å²) in [5.41, 5.74) is 1.70. The number of hydrogen-bond donors (Lipinski definition) is 1. The molecule has 8 nitrogen and oxygen atoms in total. The minimum Gasteiger partial charge on any atom is -0.339 e. The Hall–Kier alpha value is -2.26. The highest BCUT2D eigenvalue weighted by atomic mass is 32.2. The predicted molar refractivity (Wildman–Crippen MR) is 110 cm³/mol. The molecule has 1 aliphatic rings. The SMILES string of the molecule is CCS(=O)(=O)N1CCCC(C(=O)Nc2ccc(Cc3noc(C(C)C)n3)cc2)C1. The fourth-order valence-electron chi connectivity index (χ4n) is 3.30. The van der Waals surface area contributed by atoms with Crippen LogP contribution in [0.15, 0.2) is 28.8 Å². The van der Waals surface area contributed by atoms with Crippen molar-refractivity contribution in [3.8, 4) is 0 Å². The van der Waals surface area contributed by atoms with E-state index in [2.05, 4.69) is 15.5 Å². The lowest BCUT2D eigenvalue weighted by atomic mass is 9.98. The van der Waals surface area contributed by atoms with Gasteiger partial charge in [0.15, 0.2) is 5.82 Å². The van der Waals surface area contributed by atoms with Crippen LogP contribution in [-0.2, 0) is 21.2 Å². The Labute approximate surface area is 171 Å². The van der Waals surface area contributed by atoms with Crippen LogP contribution < -0.4 is 5.32 Å². The third-order valence-electron chi connectivity index (χ3n) is 5.07. The molecule has 1 unspecified atom stereocenters. The van der Waals surface area contributed by atoms with Crippen molar-refractivity contribution >= 4 is 21.6 Å². The summed E-state index contributed by atoms with van der Waals surface area (Å²) in [6.45, 7) is 6.36. The molecular formula is C20H28N4O4S. The second-order valence-electron chi connectivity index (χ2n) is 7.66. The minimum atomic E-state index is -3.27. The number of nitrogens with one attached hydrogen (secondary N) is 1. The van der Waals surface area contributed by atoms with Gasteiger partial charge in [0, 0.05) is 31.1 Å². The Morgan fingerprint density at radius 2 is 2.03 bits per heavy atom. The molecule has 0 spiro atoms. The highest BCUT2D eigenvalue weighted by molar-refractivity contribution is 7.89. The minimum absolute atomic E-state index is 0.0574. The average molecular weight is 421 g/mol. The van der Waals surface area contributed by atoms with Gasteiger partial charge < -0.3 is 9.84 Å². The lowest BCUT2D eigenvalue weighted by Gasteiger charge is -2.30. The fourth-order valence-corrected chi connectivity index (χ4v) is 4.48. The number of anilines is 1. The molecule has 0 bridgehead atoms. The first-order chi connectivity index (χ1) is 13.8. The number of sulfonamides is 1. The zero-order valence-corrected chi connectivity index (χ0v) is 17.9. The van der Waals surface area contributed by atoms with Crippen molar-refractivity contribution in [2.75, 3.05) is 24.2 Å². The fraction of sp³-hybridized carbons (Fsp3) is 0.550. The van der Waals surface area contributed by atoms with Crippen LogP contribution in [0.4, 0.5) is 5.69 Å². The standard InChI is InChI=1S/C20H28N4O4S/c1-4-29(26,27)24-11-5-6-16(13-24)19(25)21-17-9-7-15(8-10-17)12-18-22-20(14(2)3)28-23-18/h7-10,14,16H,4-6,11-13H2,1-3H3,(H,21,25). The van der Waals surface area contributed by atoms with E-state index in [0.717, 1.165) is 5.56 Å². The lowest BCUT2D eigenvalue weighted by Crippen LogP contribution is -2.44. The van der Waals surface area contributed by atoms with E-state index in [9.17, 15) is 13.2 Å². The molecule has 158 valence electrons. The summed E-state index contributed by atoms with van der Waals surface area (Å²) < 4.78 is 30.8. The summed E-state index contributed by atoms with van der Waals surface area (Å²) in [5.74, 6) is 1.02. The molecule has 0 aliphatic carbocycles. The van der Waals surface area contributed by atoms with Crippen LogP contribution >= 0.6 is 0 Å². The number of carbonyl (C=O) groups excluding carboxylic acids is 1. The molecule has 9 heteroatoms. The summed E-state index contributed by atoms with van der Waals surface area (Å²) in [4.78, 5) is 17.0. The van der Waals surface area contributed by atoms with E-state index >= 15 is 0 Å². The number of nitrogens with zero attached hydrogens (tertiary/aromatic N) is 3. The van der Waals surface area contributed by atoms with Crippen molar-refractivity contribution in [1.29, 1.82) is 0 Å². The molecule has 1 aliphatic heterocycles. The predicted octanol–water partition coefficient (Wildman–Crippen LogP) is 2.78. The van der Waals surface area contributed by atoms with Gasteiger partial charge in [0.1, 0.15) is 0 Å². The number of benzene rings is 1. The van der Waals surface area contributed by atoms with Gasteiger partial charge in [-0.15, -0.1) is 0 Å². The van der Waals surface area contributed by atoms with Crippen LogP contribution in [0.3, 0.4) is 0 Å². The number of carbonyl (C=O) groups is 1. The molecule has 1 amide bonds. The molecular weight excluding hydrogens is 392 g/mol. The molecule has 1 aromatic heterocycles. The van der Waals surface area contributed by atoms with E-state index < -0.39 is 10.0 Å². The topological polar surface area (TPSA) is 105 Å². The number of piperidine rings is 1. The Morgan fingerprint density at radius 3 is 2.66 bits per heavy atom. The highest BCUT2D eigenvalue weighted by Crippen LogP contribution is 2.22. The van der Waals surface area contributed by atoms with Gasteiger partial charge in [-0.05, 0) is 37.5 Å². The van der Waals surface area contributed by atoms with Crippen molar-refractivity contribution in [1.82, 2.24) is 14.4 Å². The molecule has 1 atom stereocenters. The van der Waals surface area contributed by atoms with Crippen molar-refractivity contribution < 1.29 is 17.7 Å². The van der Waals surface area contributed by atoms with Crippen LogP contribution in [0.1, 0.15) is 56.8 Å². The Kier molecular flexibility index (Phi) is 6.69. The summed E-state index contributed by atoms with van der Waals surface area (Å²) in [7, 11) is -3.27. The maximum atomic E-state index is 12.6. The van der Waals surface area contributed by atoms with Crippen LogP contribution in [0, 0.1) is 5.92 Å². The van der Waals surface area contributed by atoms with Gasteiger partial charge in [-0.3, -0.25) is 4.79 Å². The molecule has 29 heavy (non-hydrogen) atoms. The van der Waals surface area contributed by atoms with Crippen molar-refractivity contribution in [3.63, 3.8) is 0 Å². The van der Waals surface area contributed by atoms with E-state index in [1.807, 2.05) is 38.1 Å². The van der Waals surface area contributed by atoms with Gasteiger partial charge in [0.25, 0.3) is 0 Å². The Balaban J connectivity index is 1.58. The van der Waals surface area contributed by atoms with Gasteiger partial charge >= 0.3 is 0 Å². The molecule has 0 radical (unpaired) electrons. The third-order valence-corrected chi connectivity index (χ3v) is 6.92. The van der Waals surface area contributed by atoms with E-state index in [1.54, 1.807) is 6.92 Å². The normalized spacial score (nSPS) is 18.1. The Morgan fingerprint density at radius 1 is 1.31 bits per heavy atom. The molecule has 2 heterocycles. The molecule has 1 aromatic carbocycles. The molecule has 3 rings (SSSR count). The van der Waals surface area contributed by atoms with E-state index in [4.69, 9.17) is 4.52 Å². The van der Waals surface area contributed by atoms with Crippen LogP contribution in [0.25, 0.3) is 0 Å². The van der Waals surface area contributed by atoms with Gasteiger partial charge in [-0.25, -0.2) is 12.7 Å². The number of amides is 1. The largest absolute Gasteiger partial charge is 0.339 e.